The molecule has 0 aromatic carbocycles. The van der Waals surface area contributed by atoms with Crippen molar-refractivity contribution >= 4 is 0 Å². The van der Waals surface area contributed by atoms with E-state index in [1.54, 1.807) is 0 Å². The van der Waals surface area contributed by atoms with Crippen molar-refractivity contribution in [1.82, 2.24) is 15.3 Å². The fourth-order valence-corrected chi connectivity index (χ4v) is 2.93. The molecule has 1 unspecified atom stereocenters. The standard InChI is InChI=1S/C16H27N3/c1-11(17-5)14-10-18-15(19-12(14)2)13-6-8-16(3,4)9-7-13/h10-11,13,17H,6-9H2,1-5H3. The highest BCUT2D eigenvalue weighted by Gasteiger charge is 2.29. The van der Waals surface area contributed by atoms with Gasteiger partial charge in [0.05, 0.1) is 0 Å². The van der Waals surface area contributed by atoms with Crippen molar-refractivity contribution in [1.29, 1.82) is 0 Å². The van der Waals surface area contributed by atoms with Gasteiger partial charge in [-0.25, -0.2) is 9.97 Å². The second-order valence-corrected chi connectivity index (χ2v) is 6.72. The van der Waals surface area contributed by atoms with Crippen LogP contribution in [0.3, 0.4) is 0 Å². The van der Waals surface area contributed by atoms with E-state index in [1.165, 1.54) is 31.2 Å². The van der Waals surface area contributed by atoms with E-state index in [0.717, 1.165) is 11.5 Å². The van der Waals surface area contributed by atoms with Crippen LogP contribution in [0.1, 0.15) is 75.5 Å². The predicted molar refractivity (Wildman–Crippen MR) is 79.2 cm³/mol. The molecule has 1 N–H and O–H groups in total. The van der Waals surface area contributed by atoms with Crippen LogP contribution < -0.4 is 5.32 Å². The van der Waals surface area contributed by atoms with Gasteiger partial charge in [-0.3, -0.25) is 0 Å². The van der Waals surface area contributed by atoms with Crippen LogP contribution in [-0.4, -0.2) is 17.0 Å². The highest BCUT2D eigenvalue weighted by molar-refractivity contribution is 5.21. The second kappa shape index (κ2) is 5.58. The monoisotopic (exact) mass is 261 g/mol. The Balaban J connectivity index is 2.12. The van der Waals surface area contributed by atoms with Gasteiger partial charge in [0.15, 0.2) is 0 Å². The van der Waals surface area contributed by atoms with Crippen molar-refractivity contribution < 1.29 is 0 Å². The zero-order valence-corrected chi connectivity index (χ0v) is 13.0. The molecular formula is C16H27N3. The molecule has 1 atom stereocenters. The molecule has 19 heavy (non-hydrogen) atoms. The first-order valence-electron chi connectivity index (χ1n) is 7.43. The van der Waals surface area contributed by atoms with Crippen molar-refractivity contribution in [2.24, 2.45) is 5.41 Å². The van der Waals surface area contributed by atoms with E-state index < -0.39 is 0 Å². The molecule has 1 aromatic heterocycles. The lowest BCUT2D eigenvalue weighted by Crippen LogP contribution is -2.22. The largest absolute Gasteiger partial charge is 0.313 e. The van der Waals surface area contributed by atoms with E-state index in [0.29, 0.717) is 17.4 Å². The molecule has 0 radical (unpaired) electrons. The first-order chi connectivity index (χ1) is 8.93. The van der Waals surface area contributed by atoms with Gasteiger partial charge < -0.3 is 5.32 Å². The van der Waals surface area contributed by atoms with E-state index in [1.807, 2.05) is 13.2 Å². The highest BCUT2D eigenvalue weighted by Crippen LogP contribution is 2.41. The molecule has 1 heterocycles. The van der Waals surface area contributed by atoms with Crippen molar-refractivity contribution in [3.05, 3.63) is 23.3 Å². The molecular weight excluding hydrogens is 234 g/mol. The van der Waals surface area contributed by atoms with Crippen LogP contribution in [0.5, 0.6) is 0 Å². The van der Waals surface area contributed by atoms with Gasteiger partial charge in [0.25, 0.3) is 0 Å². The summed E-state index contributed by atoms with van der Waals surface area (Å²) in [7, 11) is 1.97. The van der Waals surface area contributed by atoms with Crippen LogP contribution in [0.25, 0.3) is 0 Å². The van der Waals surface area contributed by atoms with Gasteiger partial charge in [-0.2, -0.15) is 0 Å². The topological polar surface area (TPSA) is 37.8 Å². The van der Waals surface area contributed by atoms with Crippen LogP contribution in [-0.2, 0) is 0 Å². The number of rotatable bonds is 3. The van der Waals surface area contributed by atoms with Crippen molar-refractivity contribution in [2.45, 2.75) is 65.3 Å². The Morgan fingerprint density at radius 2 is 1.95 bits per heavy atom. The molecule has 1 aliphatic rings. The van der Waals surface area contributed by atoms with Gasteiger partial charge in [0, 0.05) is 29.4 Å². The third kappa shape index (κ3) is 3.33. The first kappa shape index (κ1) is 14.4. The lowest BCUT2D eigenvalue weighted by Gasteiger charge is -2.33. The third-order valence-corrected chi connectivity index (χ3v) is 4.64. The van der Waals surface area contributed by atoms with Crippen molar-refractivity contribution in [2.75, 3.05) is 7.05 Å². The number of nitrogens with one attached hydrogen (secondary N) is 1. The zero-order chi connectivity index (χ0) is 14.0. The summed E-state index contributed by atoms with van der Waals surface area (Å²) in [5.41, 5.74) is 2.84. The molecule has 3 nitrogen and oxygen atoms in total. The van der Waals surface area contributed by atoms with Crippen molar-refractivity contribution in [3.63, 3.8) is 0 Å². The maximum absolute atomic E-state index is 4.76. The second-order valence-electron chi connectivity index (χ2n) is 6.72. The van der Waals surface area contributed by atoms with Gasteiger partial charge in [0.1, 0.15) is 5.82 Å². The highest BCUT2D eigenvalue weighted by atomic mass is 14.9. The summed E-state index contributed by atoms with van der Waals surface area (Å²) < 4.78 is 0. The van der Waals surface area contributed by atoms with Gasteiger partial charge in [-0.1, -0.05) is 13.8 Å². The number of nitrogens with zero attached hydrogens (tertiary/aromatic N) is 2. The molecule has 106 valence electrons. The molecule has 1 aliphatic carbocycles. The fraction of sp³-hybridized carbons (Fsp3) is 0.750. The van der Waals surface area contributed by atoms with Gasteiger partial charge >= 0.3 is 0 Å². The summed E-state index contributed by atoms with van der Waals surface area (Å²) >= 11 is 0. The fourth-order valence-electron chi connectivity index (χ4n) is 2.93. The normalized spacial score (nSPS) is 21.3. The summed E-state index contributed by atoms with van der Waals surface area (Å²) in [6.45, 7) is 8.98. The molecule has 1 aromatic rings. The summed E-state index contributed by atoms with van der Waals surface area (Å²) in [4.78, 5) is 9.39. The number of aryl methyl sites for hydroxylation is 1. The SMILES string of the molecule is CNC(C)c1cnc(C2CCC(C)(C)CC2)nc1C. The quantitative estimate of drug-likeness (QED) is 0.900. The van der Waals surface area contributed by atoms with Crippen LogP contribution in [0.2, 0.25) is 0 Å². The molecule has 0 aliphatic heterocycles. The van der Waals surface area contributed by atoms with Gasteiger partial charge in [-0.05, 0) is 52.0 Å². The van der Waals surface area contributed by atoms with E-state index in [9.17, 15) is 0 Å². The lowest BCUT2D eigenvalue weighted by atomic mass is 9.73. The molecule has 1 fully saturated rings. The molecule has 0 amide bonds. The predicted octanol–water partition coefficient (Wildman–Crippen LogP) is 3.75. The Hall–Kier alpha value is -0.960. The molecule has 0 bridgehead atoms. The summed E-state index contributed by atoms with van der Waals surface area (Å²) in [6, 6.07) is 0.319. The van der Waals surface area contributed by atoms with Crippen molar-refractivity contribution in [3.8, 4) is 0 Å². The van der Waals surface area contributed by atoms with Crippen LogP contribution in [0.4, 0.5) is 0 Å². The smallest absolute Gasteiger partial charge is 0.131 e. The molecule has 2 rings (SSSR count). The number of aromatic nitrogens is 2. The molecule has 1 saturated carbocycles. The van der Waals surface area contributed by atoms with E-state index >= 15 is 0 Å². The Morgan fingerprint density at radius 3 is 2.47 bits per heavy atom. The number of hydrogen-bond donors (Lipinski definition) is 1. The first-order valence-corrected chi connectivity index (χ1v) is 7.43. The average molecular weight is 261 g/mol. The zero-order valence-electron chi connectivity index (χ0n) is 13.0. The minimum atomic E-state index is 0.319. The maximum Gasteiger partial charge on any atom is 0.131 e. The van der Waals surface area contributed by atoms with Gasteiger partial charge in [0.2, 0.25) is 0 Å². The van der Waals surface area contributed by atoms with Gasteiger partial charge in [-0.15, -0.1) is 0 Å². The van der Waals surface area contributed by atoms with E-state index in [2.05, 4.69) is 38.0 Å². The van der Waals surface area contributed by atoms with Crippen LogP contribution in [0, 0.1) is 12.3 Å². The minimum Gasteiger partial charge on any atom is -0.313 e. The summed E-state index contributed by atoms with van der Waals surface area (Å²) in [6.07, 6.45) is 7.04. The van der Waals surface area contributed by atoms with Crippen LogP contribution >= 0.6 is 0 Å². The summed E-state index contributed by atoms with van der Waals surface area (Å²) in [5, 5.41) is 3.25. The maximum atomic E-state index is 4.76. The van der Waals surface area contributed by atoms with E-state index in [4.69, 9.17) is 4.98 Å². The lowest BCUT2D eigenvalue weighted by molar-refractivity contribution is 0.220. The third-order valence-electron chi connectivity index (χ3n) is 4.64. The molecule has 0 saturated heterocycles. The minimum absolute atomic E-state index is 0.319. The average Bonchev–Trinajstić information content (AvgIpc) is 2.37. The number of hydrogen-bond acceptors (Lipinski definition) is 3. The molecule has 0 spiro atoms. The summed E-state index contributed by atoms with van der Waals surface area (Å²) in [5.74, 6) is 1.62. The Morgan fingerprint density at radius 1 is 1.32 bits per heavy atom. The Labute approximate surface area is 117 Å². The van der Waals surface area contributed by atoms with E-state index in [-0.39, 0.29) is 0 Å². The van der Waals surface area contributed by atoms with Crippen LogP contribution in [0.15, 0.2) is 6.20 Å². The Bertz CT molecular complexity index is 430. The Kier molecular flexibility index (Phi) is 4.24. The molecule has 3 heteroatoms.